The van der Waals surface area contributed by atoms with E-state index >= 15 is 0 Å². The zero-order valence-corrected chi connectivity index (χ0v) is 6.93. The lowest BCUT2D eigenvalue weighted by atomic mass is 10.2. The van der Waals surface area contributed by atoms with Gasteiger partial charge in [-0.25, -0.2) is 0 Å². The van der Waals surface area contributed by atoms with E-state index in [1.54, 1.807) is 6.92 Å². The van der Waals surface area contributed by atoms with E-state index in [4.69, 9.17) is 11.6 Å². The van der Waals surface area contributed by atoms with E-state index in [0.29, 0.717) is 5.56 Å². The van der Waals surface area contributed by atoms with Crippen molar-refractivity contribution in [3.05, 3.63) is 38.7 Å². The van der Waals surface area contributed by atoms with Gasteiger partial charge in [0.05, 0.1) is 4.92 Å². The Bertz CT molecular complexity index is 340. The minimum absolute atomic E-state index is 0.193. The number of hydrogen-bond acceptors (Lipinski definition) is 2. The van der Waals surface area contributed by atoms with Crippen LogP contribution < -0.4 is 0 Å². The Balaban J connectivity index is 3.33. The molecule has 12 heavy (non-hydrogen) atoms. The maximum atomic E-state index is 12.8. The molecule has 0 N–H and O–H groups in total. The Labute approximate surface area is 72.9 Å². The van der Waals surface area contributed by atoms with Crippen LogP contribution in [-0.2, 0) is 0 Å². The fourth-order valence-electron chi connectivity index (χ4n) is 0.782. The molecular formula is C7H5ClFNO2. The summed E-state index contributed by atoms with van der Waals surface area (Å²) >= 11 is 5.53. The van der Waals surface area contributed by atoms with Crippen molar-refractivity contribution < 1.29 is 9.31 Å². The zero-order valence-electron chi connectivity index (χ0n) is 6.17. The van der Waals surface area contributed by atoms with Gasteiger partial charge < -0.3 is 0 Å². The van der Waals surface area contributed by atoms with E-state index in [1.807, 2.05) is 0 Å². The Hall–Kier alpha value is -1.16. The first kappa shape index (κ1) is 8.93. The van der Waals surface area contributed by atoms with Crippen LogP contribution in [-0.4, -0.2) is 4.92 Å². The molecule has 0 aliphatic rings. The third-order valence-electron chi connectivity index (χ3n) is 1.42. The number of nitro groups is 1. The molecule has 0 radical (unpaired) electrons. The molecule has 0 spiro atoms. The SMILES string of the molecule is Cc1cc([N+](=O)[O-])c(F)cc1Cl. The van der Waals surface area contributed by atoms with Crippen LogP contribution in [0.1, 0.15) is 5.56 Å². The van der Waals surface area contributed by atoms with Crippen LogP contribution in [0.4, 0.5) is 10.1 Å². The van der Waals surface area contributed by atoms with Gasteiger partial charge in [-0.05, 0) is 18.6 Å². The molecule has 0 amide bonds. The molecule has 0 fully saturated rings. The van der Waals surface area contributed by atoms with Crippen LogP contribution in [0.2, 0.25) is 5.02 Å². The predicted molar refractivity (Wildman–Crippen MR) is 42.8 cm³/mol. The highest BCUT2D eigenvalue weighted by Gasteiger charge is 2.15. The summed E-state index contributed by atoms with van der Waals surface area (Å²) in [4.78, 5) is 9.43. The molecule has 64 valence electrons. The molecule has 0 bridgehead atoms. The molecule has 0 aromatic heterocycles. The first-order valence-electron chi connectivity index (χ1n) is 3.12. The maximum absolute atomic E-state index is 12.8. The summed E-state index contributed by atoms with van der Waals surface area (Å²) in [5.41, 5.74) is -0.0540. The van der Waals surface area contributed by atoms with Crippen LogP contribution in [0.15, 0.2) is 12.1 Å². The first-order chi connectivity index (χ1) is 5.52. The molecule has 3 nitrogen and oxygen atoms in total. The molecule has 0 atom stereocenters. The van der Waals surface area contributed by atoms with E-state index in [-0.39, 0.29) is 5.02 Å². The van der Waals surface area contributed by atoms with Crippen molar-refractivity contribution in [1.29, 1.82) is 0 Å². The summed E-state index contributed by atoms with van der Waals surface area (Å²) in [7, 11) is 0. The fourth-order valence-corrected chi connectivity index (χ4v) is 0.932. The monoisotopic (exact) mass is 189 g/mol. The van der Waals surface area contributed by atoms with Gasteiger partial charge in [0.25, 0.3) is 0 Å². The van der Waals surface area contributed by atoms with E-state index < -0.39 is 16.4 Å². The number of nitro benzene ring substituents is 1. The Morgan fingerprint density at radius 1 is 1.58 bits per heavy atom. The average Bonchev–Trinajstić information content (AvgIpc) is 1.96. The molecule has 0 aliphatic heterocycles. The van der Waals surface area contributed by atoms with Crippen molar-refractivity contribution in [1.82, 2.24) is 0 Å². The van der Waals surface area contributed by atoms with E-state index in [0.717, 1.165) is 12.1 Å². The standard InChI is InChI=1S/C7H5ClFNO2/c1-4-2-7(10(11)12)6(9)3-5(4)8/h2-3H,1H3. The molecule has 1 aromatic rings. The molecule has 0 saturated heterocycles. The van der Waals surface area contributed by atoms with Gasteiger partial charge in [0, 0.05) is 11.1 Å². The number of halogens is 2. The normalized spacial score (nSPS) is 9.92. The van der Waals surface area contributed by atoms with Gasteiger partial charge in [-0.3, -0.25) is 10.1 Å². The molecule has 1 rings (SSSR count). The number of rotatable bonds is 1. The number of nitrogens with zero attached hydrogens (tertiary/aromatic N) is 1. The van der Waals surface area contributed by atoms with Gasteiger partial charge in [0.2, 0.25) is 5.82 Å². The zero-order chi connectivity index (χ0) is 9.30. The molecule has 5 heteroatoms. The largest absolute Gasteiger partial charge is 0.305 e. The van der Waals surface area contributed by atoms with Gasteiger partial charge in [-0.1, -0.05) is 11.6 Å². The van der Waals surface area contributed by atoms with Crippen LogP contribution >= 0.6 is 11.6 Å². The summed E-state index contributed by atoms with van der Waals surface area (Å²) in [6.07, 6.45) is 0. The smallest absolute Gasteiger partial charge is 0.258 e. The third-order valence-corrected chi connectivity index (χ3v) is 1.83. The Morgan fingerprint density at radius 2 is 2.17 bits per heavy atom. The minimum Gasteiger partial charge on any atom is -0.258 e. The summed E-state index contributed by atoms with van der Waals surface area (Å²) < 4.78 is 12.8. The highest BCUT2D eigenvalue weighted by Crippen LogP contribution is 2.24. The van der Waals surface area contributed by atoms with Crippen molar-refractivity contribution >= 4 is 17.3 Å². The van der Waals surface area contributed by atoms with E-state index in [1.165, 1.54) is 0 Å². The lowest BCUT2D eigenvalue weighted by molar-refractivity contribution is -0.387. The predicted octanol–water partition coefficient (Wildman–Crippen LogP) is 2.70. The highest BCUT2D eigenvalue weighted by atomic mass is 35.5. The van der Waals surface area contributed by atoms with E-state index in [2.05, 4.69) is 0 Å². The lowest BCUT2D eigenvalue weighted by Crippen LogP contribution is -1.93. The Morgan fingerprint density at radius 3 is 2.67 bits per heavy atom. The molecule has 0 unspecified atom stereocenters. The molecular weight excluding hydrogens is 185 g/mol. The van der Waals surface area contributed by atoms with Crippen LogP contribution in [0.5, 0.6) is 0 Å². The van der Waals surface area contributed by atoms with Crippen LogP contribution in [0, 0.1) is 22.9 Å². The van der Waals surface area contributed by atoms with Crippen LogP contribution in [0.3, 0.4) is 0 Å². The van der Waals surface area contributed by atoms with Gasteiger partial charge in [0.15, 0.2) is 0 Å². The summed E-state index contributed by atoms with van der Waals surface area (Å²) in [6, 6.07) is 2.05. The minimum atomic E-state index is -0.907. The Kier molecular flexibility index (Phi) is 2.28. The van der Waals surface area contributed by atoms with Crippen molar-refractivity contribution in [3.63, 3.8) is 0 Å². The second-order valence-corrected chi connectivity index (χ2v) is 2.72. The van der Waals surface area contributed by atoms with Crippen molar-refractivity contribution in [2.45, 2.75) is 6.92 Å². The quantitative estimate of drug-likeness (QED) is 0.504. The highest BCUT2D eigenvalue weighted by molar-refractivity contribution is 6.31. The number of hydrogen-bond donors (Lipinski definition) is 0. The van der Waals surface area contributed by atoms with E-state index in [9.17, 15) is 14.5 Å². The lowest BCUT2D eigenvalue weighted by Gasteiger charge is -1.97. The van der Waals surface area contributed by atoms with Crippen molar-refractivity contribution in [3.8, 4) is 0 Å². The maximum Gasteiger partial charge on any atom is 0.305 e. The number of aryl methyl sites for hydroxylation is 1. The molecule has 0 heterocycles. The summed E-state index contributed by atoms with van der Waals surface area (Å²) in [5.74, 6) is -0.907. The molecule has 0 saturated carbocycles. The van der Waals surface area contributed by atoms with Crippen LogP contribution in [0.25, 0.3) is 0 Å². The fraction of sp³-hybridized carbons (Fsp3) is 0.143. The second-order valence-electron chi connectivity index (χ2n) is 2.31. The van der Waals surface area contributed by atoms with Crippen molar-refractivity contribution in [2.75, 3.05) is 0 Å². The average molecular weight is 190 g/mol. The summed E-state index contributed by atoms with van der Waals surface area (Å²) in [5, 5.41) is 10.4. The first-order valence-corrected chi connectivity index (χ1v) is 3.50. The second kappa shape index (κ2) is 3.06. The topological polar surface area (TPSA) is 43.1 Å². The van der Waals surface area contributed by atoms with Gasteiger partial charge in [-0.2, -0.15) is 4.39 Å². The summed E-state index contributed by atoms with van der Waals surface area (Å²) in [6.45, 7) is 1.58. The number of benzene rings is 1. The van der Waals surface area contributed by atoms with Crippen molar-refractivity contribution in [2.24, 2.45) is 0 Å². The van der Waals surface area contributed by atoms with Gasteiger partial charge in [0.1, 0.15) is 0 Å². The third kappa shape index (κ3) is 1.53. The van der Waals surface area contributed by atoms with Gasteiger partial charge in [-0.15, -0.1) is 0 Å². The molecule has 0 aliphatic carbocycles. The molecule has 1 aromatic carbocycles. The van der Waals surface area contributed by atoms with Gasteiger partial charge >= 0.3 is 5.69 Å².